The van der Waals surface area contributed by atoms with Gasteiger partial charge in [0, 0.05) is 18.3 Å². The van der Waals surface area contributed by atoms with Crippen LogP contribution in [0.1, 0.15) is 34.1 Å². The molecule has 0 saturated heterocycles. The molecule has 3 unspecified atom stereocenters. The number of rotatable bonds is 7. The molecule has 0 aliphatic heterocycles. The Morgan fingerprint density at radius 3 is 2.38 bits per heavy atom. The maximum absolute atomic E-state index is 11.8. The highest BCUT2D eigenvalue weighted by atomic mass is 16.5. The molecule has 0 heterocycles. The van der Waals surface area contributed by atoms with Crippen molar-refractivity contribution in [2.24, 2.45) is 5.92 Å². The second-order valence-electron chi connectivity index (χ2n) is 5.41. The van der Waals surface area contributed by atoms with Crippen molar-refractivity contribution in [3.05, 3.63) is 24.3 Å². The normalized spacial score (nSPS) is 14.9. The molecule has 0 bridgehead atoms. The average molecular weight is 294 g/mol. The highest BCUT2D eigenvalue weighted by molar-refractivity contribution is 5.89. The van der Waals surface area contributed by atoms with Crippen molar-refractivity contribution in [3.8, 4) is 5.75 Å². The SMILES string of the molecule is CCC(C)Oc1ccc(NC(=O)NC(C)C(C)CO)cc1. The van der Waals surface area contributed by atoms with Crippen LogP contribution < -0.4 is 15.4 Å². The van der Waals surface area contributed by atoms with Gasteiger partial charge in [0.15, 0.2) is 0 Å². The van der Waals surface area contributed by atoms with Crippen molar-refractivity contribution in [2.75, 3.05) is 11.9 Å². The maximum Gasteiger partial charge on any atom is 0.319 e. The third-order valence-electron chi connectivity index (χ3n) is 3.52. The van der Waals surface area contributed by atoms with Gasteiger partial charge in [0.05, 0.1) is 6.10 Å². The summed E-state index contributed by atoms with van der Waals surface area (Å²) in [4.78, 5) is 11.8. The van der Waals surface area contributed by atoms with Gasteiger partial charge in [0.25, 0.3) is 0 Å². The molecule has 0 aliphatic rings. The Morgan fingerprint density at radius 2 is 1.86 bits per heavy atom. The summed E-state index contributed by atoms with van der Waals surface area (Å²) in [6.07, 6.45) is 1.12. The lowest BCUT2D eigenvalue weighted by Gasteiger charge is -2.19. The highest BCUT2D eigenvalue weighted by Crippen LogP contribution is 2.17. The number of hydrogen-bond donors (Lipinski definition) is 3. The zero-order chi connectivity index (χ0) is 15.8. The van der Waals surface area contributed by atoms with Crippen LogP contribution in [-0.2, 0) is 0 Å². The molecule has 2 amide bonds. The summed E-state index contributed by atoms with van der Waals surface area (Å²) in [5.74, 6) is 0.805. The predicted octanol–water partition coefficient (Wildman–Crippen LogP) is 3.00. The third-order valence-corrected chi connectivity index (χ3v) is 3.52. The summed E-state index contributed by atoms with van der Waals surface area (Å²) in [7, 11) is 0. The first-order valence-corrected chi connectivity index (χ1v) is 7.41. The fraction of sp³-hybridized carbons (Fsp3) is 0.562. The number of anilines is 1. The fourth-order valence-electron chi connectivity index (χ4n) is 1.61. The Hall–Kier alpha value is -1.75. The predicted molar refractivity (Wildman–Crippen MR) is 84.7 cm³/mol. The minimum atomic E-state index is -0.279. The quantitative estimate of drug-likeness (QED) is 0.724. The number of hydrogen-bond acceptors (Lipinski definition) is 3. The van der Waals surface area contributed by atoms with Gasteiger partial charge in [-0.05, 0) is 50.5 Å². The van der Waals surface area contributed by atoms with Crippen molar-refractivity contribution >= 4 is 11.7 Å². The van der Waals surface area contributed by atoms with E-state index < -0.39 is 0 Å². The molecule has 1 aromatic carbocycles. The number of nitrogens with one attached hydrogen (secondary N) is 2. The minimum Gasteiger partial charge on any atom is -0.491 e. The summed E-state index contributed by atoms with van der Waals surface area (Å²) < 4.78 is 5.68. The Balaban J connectivity index is 2.50. The molecule has 0 aromatic heterocycles. The van der Waals surface area contributed by atoms with E-state index in [0.717, 1.165) is 12.2 Å². The van der Waals surface area contributed by atoms with Crippen molar-refractivity contribution in [1.29, 1.82) is 0 Å². The number of carbonyl (C=O) groups excluding carboxylic acids is 1. The summed E-state index contributed by atoms with van der Waals surface area (Å²) in [5, 5.41) is 14.6. The zero-order valence-electron chi connectivity index (χ0n) is 13.2. The fourth-order valence-corrected chi connectivity index (χ4v) is 1.61. The van der Waals surface area contributed by atoms with Crippen LogP contribution in [0.3, 0.4) is 0 Å². The van der Waals surface area contributed by atoms with Gasteiger partial charge in [-0.1, -0.05) is 13.8 Å². The second kappa shape index (κ2) is 8.52. The summed E-state index contributed by atoms with van der Waals surface area (Å²) in [6.45, 7) is 7.88. The summed E-state index contributed by atoms with van der Waals surface area (Å²) >= 11 is 0. The van der Waals surface area contributed by atoms with Crippen LogP contribution in [0.5, 0.6) is 5.75 Å². The number of urea groups is 1. The minimum absolute atomic E-state index is 0.0158. The Kier molecular flexibility index (Phi) is 7.02. The monoisotopic (exact) mass is 294 g/mol. The van der Waals surface area contributed by atoms with Crippen molar-refractivity contribution < 1.29 is 14.6 Å². The van der Waals surface area contributed by atoms with Gasteiger partial charge in [0.1, 0.15) is 5.75 Å². The summed E-state index contributed by atoms with van der Waals surface area (Å²) in [5.41, 5.74) is 0.702. The van der Waals surface area contributed by atoms with Crippen LogP contribution in [0.15, 0.2) is 24.3 Å². The lowest BCUT2D eigenvalue weighted by Crippen LogP contribution is -2.40. The van der Waals surface area contributed by atoms with Crippen LogP contribution >= 0.6 is 0 Å². The van der Waals surface area contributed by atoms with Gasteiger partial charge < -0.3 is 20.5 Å². The van der Waals surface area contributed by atoms with E-state index in [-0.39, 0.29) is 30.7 Å². The number of ether oxygens (including phenoxy) is 1. The molecule has 0 saturated carbocycles. The lowest BCUT2D eigenvalue weighted by molar-refractivity contribution is 0.204. The molecule has 0 fully saturated rings. The van der Waals surface area contributed by atoms with E-state index in [0.29, 0.717) is 5.69 Å². The topological polar surface area (TPSA) is 70.6 Å². The number of amides is 2. The van der Waals surface area contributed by atoms with Gasteiger partial charge in [-0.2, -0.15) is 0 Å². The molecule has 118 valence electrons. The van der Waals surface area contributed by atoms with E-state index in [2.05, 4.69) is 17.6 Å². The van der Waals surface area contributed by atoms with Crippen LogP contribution in [0, 0.1) is 5.92 Å². The van der Waals surface area contributed by atoms with E-state index in [9.17, 15) is 4.79 Å². The molecular formula is C16H26N2O3. The highest BCUT2D eigenvalue weighted by Gasteiger charge is 2.13. The van der Waals surface area contributed by atoms with Gasteiger partial charge in [0.2, 0.25) is 0 Å². The van der Waals surface area contributed by atoms with Crippen molar-refractivity contribution in [3.63, 3.8) is 0 Å². The molecule has 0 radical (unpaired) electrons. The first-order chi connectivity index (χ1) is 9.96. The number of benzene rings is 1. The second-order valence-corrected chi connectivity index (χ2v) is 5.41. The molecule has 3 atom stereocenters. The Bertz CT molecular complexity index is 434. The van der Waals surface area contributed by atoms with E-state index in [1.165, 1.54) is 0 Å². The molecule has 3 N–H and O–H groups in total. The number of aliphatic hydroxyl groups is 1. The standard InChI is InChI=1S/C16H26N2O3/c1-5-12(3)21-15-8-6-14(7-9-15)18-16(20)17-13(4)11(2)10-19/h6-9,11-13,19H,5,10H2,1-4H3,(H2,17,18,20). The molecule has 0 aliphatic carbocycles. The van der Waals surface area contributed by atoms with Gasteiger partial charge >= 0.3 is 6.03 Å². The lowest BCUT2D eigenvalue weighted by atomic mass is 10.1. The molecule has 21 heavy (non-hydrogen) atoms. The largest absolute Gasteiger partial charge is 0.491 e. The van der Waals surface area contributed by atoms with Crippen LogP contribution in [-0.4, -0.2) is 29.9 Å². The molecule has 0 spiro atoms. The van der Waals surface area contributed by atoms with Gasteiger partial charge in [-0.3, -0.25) is 0 Å². The first kappa shape index (κ1) is 17.3. The number of carbonyl (C=O) groups is 1. The molecule has 5 nitrogen and oxygen atoms in total. The Labute approximate surface area is 126 Å². The van der Waals surface area contributed by atoms with Crippen molar-refractivity contribution in [1.82, 2.24) is 5.32 Å². The molecule has 5 heteroatoms. The van der Waals surface area contributed by atoms with E-state index in [1.807, 2.05) is 32.9 Å². The van der Waals surface area contributed by atoms with E-state index in [1.54, 1.807) is 12.1 Å². The van der Waals surface area contributed by atoms with Crippen LogP contribution in [0.4, 0.5) is 10.5 Å². The Morgan fingerprint density at radius 1 is 1.24 bits per heavy atom. The summed E-state index contributed by atoms with van der Waals surface area (Å²) in [6, 6.07) is 6.90. The smallest absolute Gasteiger partial charge is 0.319 e. The van der Waals surface area contributed by atoms with Crippen LogP contribution in [0.2, 0.25) is 0 Å². The van der Waals surface area contributed by atoms with Crippen molar-refractivity contribution in [2.45, 2.75) is 46.3 Å². The van der Waals surface area contributed by atoms with Gasteiger partial charge in [-0.15, -0.1) is 0 Å². The number of aliphatic hydroxyl groups excluding tert-OH is 1. The van der Waals surface area contributed by atoms with Gasteiger partial charge in [-0.25, -0.2) is 4.79 Å². The van der Waals surface area contributed by atoms with E-state index in [4.69, 9.17) is 9.84 Å². The molecule has 1 aromatic rings. The van der Waals surface area contributed by atoms with Crippen LogP contribution in [0.25, 0.3) is 0 Å². The third kappa shape index (κ3) is 6.04. The molecule has 1 rings (SSSR count). The maximum atomic E-state index is 11.8. The zero-order valence-corrected chi connectivity index (χ0v) is 13.2. The molecular weight excluding hydrogens is 268 g/mol. The average Bonchev–Trinajstić information content (AvgIpc) is 2.48. The van der Waals surface area contributed by atoms with E-state index >= 15 is 0 Å². The first-order valence-electron chi connectivity index (χ1n) is 7.41.